The van der Waals surface area contributed by atoms with Gasteiger partial charge in [-0.3, -0.25) is 24.9 Å². The van der Waals surface area contributed by atoms with E-state index in [-0.39, 0.29) is 44.5 Å². The predicted molar refractivity (Wildman–Crippen MR) is 157 cm³/mol. The van der Waals surface area contributed by atoms with Crippen molar-refractivity contribution in [1.29, 1.82) is 0 Å². The maximum Gasteiger partial charge on any atom is 0.328 e. The molecule has 1 saturated heterocycles. The summed E-state index contributed by atoms with van der Waals surface area (Å²) in [4.78, 5) is 48.5. The first-order valence-corrected chi connectivity index (χ1v) is 15.8. The van der Waals surface area contributed by atoms with E-state index in [1.165, 1.54) is 64.2 Å². The molecular formula is C30H56N4O7. The van der Waals surface area contributed by atoms with Crippen molar-refractivity contribution in [3.05, 3.63) is 0 Å². The van der Waals surface area contributed by atoms with E-state index >= 15 is 0 Å². The van der Waals surface area contributed by atoms with E-state index in [9.17, 15) is 24.4 Å². The lowest BCUT2D eigenvalue weighted by Gasteiger charge is -2.22. The fraction of sp³-hybridized carbons (Fsp3) is 0.867. The van der Waals surface area contributed by atoms with Crippen molar-refractivity contribution >= 4 is 23.7 Å². The maximum absolute atomic E-state index is 12.7. The Kier molecular flexibility index (Phi) is 20.9. The average Bonchev–Trinajstić information content (AvgIpc) is 3.47. The van der Waals surface area contributed by atoms with Crippen molar-refractivity contribution < 1.29 is 33.9 Å². The number of nitrogens with one attached hydrogen (secondary N) is 2. The van der Waals surface area contributed by atoms with Crippen LogP contribution in [0.2, 0.25) is 0 Å². The summed E-state index contributed by atoms with van der Waals surface area (Å²) in [6.07, 6.45) is 16.6. The Bertz CT molecular complexity index is 746. The molecular weight excluding hydrogens is 528 g/mol. The van der Waals surface area contributed by atoms with Crippen LogP contribution in [0, 0.1) is 0 Å². The summed E-state index contributed by atoms with van der Waals surface area (Å²) in [6, 6.07) is -1.50. The van der Waals surface area contributed by atoms with Crippen molar-refractivity contribution in [2.75, 3.05) is 19.9 Å². The van der Waals surface area contributed by atoms with E-state index in [0.717, 1.165) is 24.3 Å². The number of hydroxylamine groups is 2. The molecule has 1 fully saturated rings. The molecule has 11 heteroatoms. The SMILES string of the molecule is CCCCCCCCCCCCCCCC(=O)N(O)CCCC[C@H](NC(=O)[C@H]1COCN1)C(=O)O[C@H](C)CC(N)=O. The Morgan fingerprint density at radius 2 is 1.54 bits per heavy atom. The van der Waals surface area contributed by atoms with Crippen LogP contribution in [0.1, 0.15) is 129 Å². The highest BCUT2D eigenvalue weighted by Gasteiger charge is 2.29. The molecule has 238 valence electrons. The van der Waals surface area contributed by atoms with Gasteiger partial charge >= 0.3 is 5.97 Å². The molecule has 0 aromatic heterocycles. The molecule has 0 bridgehead atoms. The molecule has 1 aliphatic rings. The van der Waals surface area contributed by atoms with Gasteiger partial charge in [-0.2, -0.15) is 0 Å². The second-order valence-corrected chi connectivity index (χ2v) is 11.3. The van der Waals surface area contributed by atoms with Gasteiger partial charge in [-0.25, -0.2) is 9.86 Å². The highest BCUT2D eigenvalue weighted by Crippen LogP contribution is 2.14. The molecule has 1 aliphatic heterocycles. The van der Waals surface area contributed by atoms with Crippen LogP contribution in [0.15, 0.2) is 0 Å². The molecule has 0 unspecified atom stereocenters. The lowest BCUT2D eigenvalue weighted by atomic mass is 10.0. The van der Waals surface area contributed by atoms with Gasteiger partial charge in [0.05, 0.1) is 19.8 Å². The Morgan fingerprint density at radius 3 is 2.07 bits per heavy atom. The van der Waals surface area contributed by atoms with Gasteiger partial charge in [-0.15, -0.1) is 0 Å². The standard InChI is InChI=1S/C30H56N4O7/c1-3-4-5-6-7-8-9-10-11-12-13-14-15-19-28(36)34(39)20-17-16-18-25(30(38)41-24(2)21-27(31)35)33-29(37)26-22-40-23-32-26/h24-26,32,39H,3-23H2,1-2H3,(H2,31,35)(H,33,37)/t24-,25+,26-/m1/s1. The lowest BCUT2D eigenvalue weighted by Crippen LogP contribution is -2.50. The number of nitrogens with zero attached hydrogens (tertiary/aromatic N) is 1. The minimum Gasteiger partial charge on any atom is -0.461 e. The van der Waals surface area contributed by atoms with Crippen molar-refractivity contribution in [1.82, 2.24) is 15.7 Å². The van der Waals surface area contributed by atoms with Gasteiger partial charge in [0.25, 0.3) is 0 Å². The molecule has 0 aliphatic carbocycles. The van der Waals surface area contributed by atoms with Gasteiger partial charge in [0.1, 0.15) is 18.2 Å². The van der Waals surface area contributed by atoms with E-state index in [0.29, 0.717) is 19.3 Å². The van der Waals surface area contributed by atoms with Gasteiger partial charge < -0.3 is 20.5 Å². The van der Waals surface area contributed by atoms with Crippen molar-refractivity contribution in [3.8, 4) is 0 Å². The molecule has 0 spiro atoms. The van der Waals surface area contributed by atoms with Crippen LogP contribution < -0.4 is 16.4 Å². The molecule has 11 nitrogen and oxygen atoms in total. The fourth-order valence-corrected chi connectivity index (χ4v) is 4.85. The summed E-state index contributed by atoms with van der Waals surface area (Å²) in [6.45, 7) is 4.39. The number of ether oxygens (including phenoxy) is 2. The molecule has 5 N–H and O–H groups in total. The third-order valence-corrected chi connectivity index (χ3v) is 7.33. The highest BCUT2D eigenvalue weighted by atomic mass is 16.5. The number of unbranched alkanes of at least 4 members (excludes halogenated alkanes) is 13. The molecule has 0 radical (unpaired) electrons. The molecule has 0 aromatic carbocycles. The van der Waals surface area contributed by atoms with Crippen LogP contribution in [-0.2, 0) is 28.7 Å². The number of carbonyl (C=O) groups excluding carboxylic acids is 4. The quantitative estimate of drug-likeness (QED) is 0.0540. The van der Waals surface area contributed by atoms with Crippen LogP contribution in [0.5, 0.6) is 0 Å². The van der Waals surface area contributed by atoms with E-state index in [1.54, 1.807) is 6.92 Å². The number of carbonyl (C=O) groups is 4. The van der Waals surface area contributed by atoms with Crippen LogP contribution >= 0.6 is 0 Å². The van der Waals surface area contributed by atoms with E-state index < -0.39 is 30.1 Å². The van der Waals surface area contributed by atoms with Gasteiger partial charge in [0, 0.05) is 13.0 Å². The molecule has 1 rings (SSSR count). The molecule has 1 heterocycles. The Balaban J connectivity index is 2.22. The monoisotopic (exact) mass is 584 g/mol. The first kappa shape index (κ1) is 36.8. The molecule has 0 saturated carbocycles. The number of nitrogens with two attached hydrogens (primary N) is 1. The van der Waals surface area contributed by atoms with Crippen molar-refractivity contribution in [3.63, 3.8) is 0 Å². The third-order valence-electron chi connectivity index (χ3n) is 7.33. The summed E-state index contributed by atoms with van der Waals surface area (Å²) in [5.41, 5.74) is 5.17. The number of amides is 3. The minimum absolute atomic E-state index is 0.120. The average molecular weight is 585 g/mol. The molecule has 3 atom stereocenters. The lowest BCUT2D eigenvalue weighted by molar-refractivity contribution is -0.165. The number of esters is 1. The van der Waals surface area contributed by atoms with Crippen LogP contribution in [0.3, 0.4) is 0 Å². The third kappa shape index (κ3) is 18.7. The smallest absolute Gasteiger partial charge is 0.328 e. The van der Waals surface area contributed by atoms with E-state index in [2.05, 4.69) is 17.6 Å². The number of primary amides is 1. The van der Waals surface area contributed by atoms with Crippen LogP contribution in [0.4, 0.5) is 0 Å². The zero-order valence-electron chi connectivity index (χ0n) is 25.5. The fourth-order valence-electron chi connectivity index (χ4n) is 4.85. The van der Waals surface area contributed by atoms with E-state index in [4.69, 9.17) is 15.2 Å². The van der Waals surface area contributed by atoms with Gasteiger partial charge in [-0.05, 0) is 32.6 Å². The first-order valence-electron chi connectivity index (χ1n) is 15.8. The van der Waals surface area contributed by atoms with Gasteiger partial charge in [-0.1, -0.05) is 84.0 Å². The Hall–Kier alpha value is -2.24. The summed E-state index contributed by atoms with van der Waals surface area (Å²) in [5.74, 6) is -1.94. The Labute approximate surface area is 246 Å². The highest BCUT2D eigenvalue weighted by molar-refractivity contribution is 5.88. The topological polar surface area (TPSA) is 160 Å². The summed E-state index contributed by atoms with van der Waals surface area (Å²) in [7, 11) is 0. The van der Waals surface area contributed by atoms with Gasteiger partial charge in [0.2, 0.25) is 17.7 Å². The number of hydrogen-bond acceptors (Lipinski definition) is 8. The zero-order valence-corrected chi connectivity index (χ0v) is 25.5. The second kappa shape index (κ2) is 23.3. The van der Waals surface area contributed by atoms with Crippen molar-refractivity contribution in [2.45, 2.75) is 148 Å². The van der Waals surface area contributed by atoms with Crippen LogP contribution in [0.25, 0.3) is 0 Å². The number of hydrogen-bond donors (Lipinski definition) is 4. The normalized spacial score (nSPS) is 16.2. The Morgan fingerprint density at radius 1 is 0.951 bits per heavy atom. The van der Waals surface area contributed by atoms with Crippen LogP contribution in [-0.4, -0.2) is 72.0 Å². The summed E-state index contributed by atoms with van der Waals surface area (Å²) >= 11 is 0. The number of rotatable bonds is 25. The molecule has 0 aromatic rings. The zero-order chi connectivity index (χ0) is 30.3. The molecule has 3 amide bonds. The largest absolute Gasteiger partial charge is 0.461 e. The summed E-state index contributed by atoms with van der Waals surface area (Å²) in [5, 5.41) is 16.4. The second-order valence-electron chi connectivity index (χ2n) is 11.3. The van der Waals surface area contributed by atoms with E-state index in [1.807, 2.05) is 0 Å². The van der Waals surface area contributed by atoms with Gasteiger partial charge in [0.15, 0.2) is 0 Å². The molecule has 41 heavy (non-hydrogen) atoms. The first-order chi connectivity index (χ1) is 19.7. The maximum atomic E-state index is 12.7. The minimum atomic E-state index is -0.936. The van der Waals surface area contributed by atoms with Crippen molar-refractivity contribution in [2.24, 2.45) is 5.73 Å². The predicted octanol–water partition coefficient (Wildman–Crippen LogP) is 4.09. The summed E-state index contributed by atoms with van der Waals surface area (Å²) < 4.78 is 10.4.